The van der Waals surface area contributed by atoms with Crippen molar-refractivity contribution in [2.45, 2.75) is 45.2 Å². The fraction of sp³-hybridized carbons (Fsp3) is 0.684. The van der Waals surface area contributed by atoms with E-state index in [1.807, 2.05) is 0 Å². The predicted molar refractivity (Wildman–Crippen MR) is 91.0 cm³/mol. The van der Waals surface area contributed by atoms with Crippen molar-refractivity contribution < 1.29 is 13.5 Å². The summed E-state index contributed by atoms with van der Waals surface area (Å²) < 4.78 is 33.8. The third kappa shape index (κ3) is 4.32. The first-order chi connectivity index (χ1) is 11.6. The summed E-state index contributed by atoms with van der Waals surface area (Å²) in [6.07, 6.45) is 4.51. The van der Waals surface area contributed by atoms with Gasteiger partial charge in [0, 0.05) is 31.2 Å². The number of hydrogen-bond acceptors (Lipinski definition) is 3. The molecule has 1 aromatic rings. The zero-order valence-electron chi connectivity index (χ0n) is 14.6. The Morgan fingerprint density at radius 2 is 1.92 bits per heavy atom. The maximum atomic E-state index is 14.3. The van der Waals surface area contributed by atoms with E-state index in [-0.39, 0.29) is 11.4 Å². The van der Waals surface area contributed by atoms with E-state index in [1.54, 1.807) is 6.92 Å². The lowest BCUT2D eigenvalue weighted by Crippen LogP contribution is -2.43. The second-order valence-electron chi connectivity index (χ2n) is 7.02. The molecule has 5 heteroatoms. The Kier molecular flexibility index (Phi) is 6.19. The van der Waals surface area contributed by atoms with Gasteiger partial charge in [0.25, 0.3) is 0 Å². The number of hydrogen-bond donors (Lipinski definition) is 0. The van der Waals surface area contributed by atoms with E-state index >= 15 is 0 Å². The van der Waals surface area contributed by atoms with Crippen molar-refractivity contribution in [3.63, 3.8) is 0 Å². The summed E-state index contributed by atoms with van der Waals surface area (Å²) in [7, 11) is 0. The van der Waals surface area contributed by atoms with Crippen LogP contribution in [-0.4, -0.2) is 55.2 Å². The van der Waals surface area contributed by atoms with E-state index in [0.29, 0.717) is 18.2 Å². The fourth-order valence-electron chi connectivity index (χ4n) is 3.81. The van der Waals surface area contributed by atoms with E-state index in [2.05, 4.69) is 9.80 Å². The lowest BCUT2D eigenvalue weighted by Gasteiger charge is -2.37. The van der Waals surface area contributed by atoms with Crippen LogP contribution in [0.4, 0.5) is 8.78 Å². The highest BCUT2D eigenvalue weighted by molar-refractivity contribution is 5.26. The first kappa shape index (κ1) is 17.8. The number of ether oxygens (including phenoxy) is 1. The molecule has 1 aromatic carbocycles. The summed E-state index contributed by atoms with van der Waals surface area (Å²) in [4.78, 5) is 4.72. The highest BCUT2D eigenvalue weighted by Gasteiger charge is 2.25. The maximum absolute atomic E-state index is 14.3. The SMILES string of the molecule is Cc1ccc(F)c(CN2CCCC[C@@H]2CCN2CCOCC2)c1F. The molecule has 0 aromatic heterocycles. The zero-order chi connectivity index (χ0) is 16.9. The molecular formula is C19H28F2N2O. The third-order valence-corrected chi connectivity index (χ3v) is 5.37. The van der Waals surface area contributed by atoms with Gasteiger partial charge in [-0.25, -0.2) is 8.78 Å². The Labute approximate surface area is 143 Å². The lowest BCUT2D eigenvalue weighted by atomic mass is 9.97. The van der Waals surface area contributed by atoms with Gasteiger partial charge in [0.1, 0.15) is 11.6 Å². The van der Waals surface area contributed by atoms with E-state index in [4.69, 9.17) is 4.74 Å². The van der Waals surface area contributed by atoms with Gasteiger partial charge in [0.05, 0.1) is 13.2 Å². The number of likely N-dealkylation sites (tertiary alicyclic amines) is 1. The van der Waals surface area contributed by atoms with E-state index in [9.17, 15) is 8.78 Å². The van der Waals surface area contributed by atoms with Gasteiger partial charge < -0.3 is 4.74 Å². The summed E-state index contributed by atoms with van der Waals surface area (Å²) in [6.45, 7) is 7.67. The van der Waals surface area contributed by atoms with Crippen molar-refractivity contribution in [2.75, 3.05) is 39.4 Å². The number of benzene rings is 1. The molecule has 0 amide bonds. The van der Waals surface area contributed by atoms with Crippen molar-refractivity contribution >= 4 is 0 Å². The van der Waals surface area contributed by atoms with Crippen LogP contribution in [0.3, 0.4) is 0 Å². The summed E-state index contributed by atoms with van der Waals surface area (Å²) >= 11 is 0. The van der Waals surface area contributed by atoms with Gasteiger partial charge in [-0.05, 0) is 50.9 Å². The van der Waals surface area contributed by atoms with Crippen molar-refractivity contribution in [2.24, 2.45) is 0 Å². The minimum Gasteiger partial charge on any atom is -0.379 e. The molecule has 0 spiro atoms. The van der Waals surface area contributed by atoms with E-state index in [1.165, 1.54) is 18.6 Å². The predicted octanol–water partition coefficient (Wildman–Crippen LogP) is 3.35. The standard InChI is InChI=1S/C19H28F2N2O/c1-15-5-6-18(20)17(19(15)21)14-23-8-3-2-4-16(23)7-9-22-10-12-24-13-11-22/h5-6,16H,2-4,7-14H2,1H3/t16-/m1/s1. The van der Waals surface area contributed by atoms with Gasteiger partial charge in [0.15, 0.2) is 0 Å². The molecule has 134 valence electrons. The van der Waals surface area contributed by atoms with E-state index in [0.717, 1.165) is 58.7 Å². The minimum atomic E-state index is -0.421. The molecule has 2 aliphatic heterocycles. The minimum absolute atomic E-state index is 0.230. The molecule has 2 heterocycles. The first-order valence-electron chi connectivity index (χ1n) is 9.13. The third-order valence-electron chi connectivity index (χ3n) is 5.37. The van der Waals surface area contributed by atoms with Gasteiger partial charge in [0.2, 0.25) is 0 Å². The second-order valence-corrected chi connectivity index (χ2v) is 7.02. The molecule has 0 N–H and O–H groups in total. The lowest BCUT2D eigenvalue weighted by molar-refractivity contribution is 0.0300. The van der Waals surface area contributed by atoms with Gasteiger partial charge in [-0.3, -0.25) is 9.80 Å². The number of aryl methyl sites for hydroxylation is 1. The largest absolute Gasteiger partial charge is 0.379 e. The molecule has 3 rings (SSSR count). The molecule has 24 heavy (non-hydrogen) atoms. The van der Waals surface area contributed by atoms with Crippen LogP contribution in [0, 0.1) is 18.6 Å². The Hall–Kier alpha value is -1.04. The number of piperidine rings is 1. The van der Waals surface area contributed by atoms with Crippen LogP contribution < -0.4 is 0 Å². The Morgan fingerprint density at radius 3 is 2.71 bits per heavy atom. The number of morpholine rings is 1. The highest BCUT2D eigenvalue weighted by Crippen LogP contribution is 2.25. The Bertz CT molecular complexity index is 546. The highest BCUT2D eigenvalue weighted by atomic mass is 19.1. The maximum Gasteiger partial charge on any atom is 0.133 e. The summed E-state index contributed by atoms with van der Waals surface area (Å²) in [5.74, 6) is -0.803. The van der Waals surface area contributed by atoms with Crippen LogP contribution in [0.15, 0.2) is 12.1 Å². The molecule has 0 bridgehead atoms. The first-order valence-corrected chi connectivity index (χ1v) is 9.13. The van der Waals surface area contributed by atoms with Crippen LogP contribution in [0.2, 0.25) is 0 Å². The topological polar surface area (TPSA) is 15.7 Å². The van der Waals surface area contributed by atoms with Crippen LogP contribution in [0.5, 0.6) is 0 Å². The molecule has 0 saturated carbocycles. The normalized spacial score (nSPS) is 23.5. The number of rotatable bonds is 5. The monoisotopic (exact) mass is 338 g/mol. The molecule has 3 nitrogen and oxygen atoms in total. The van der Waals surface area contributed by atoms with Gasteiger partial charge >= 0.3 is 0 Å². The molecule has 0 radical (unpaired) electrons. The van der Waals surface area contributed by atoms with Crippen molar-refractivity contribution in [1.82, 2.24) is 9.80 Å². The van der Waals surface area contributed by atoms with Gasteiger partial charge in [-0.2, -0.15) is 0 Å². The molecule has 2 aliphatic rings. The quantitative estimate of drug-likeness (QED) is 0.819. The fourth-order valence-corrected chi connectivity index (χ4v) is 3.81. The molecule has 0 aliphatic carbocycles. The smallest absolute Gasteiger partial charge is 0.133 e. The summed E-state index contributed by atoms with van der Waals surface area (Å²) in [5, 5.41) is 0. The second kappa shape index (κ2) is 8.37. The van der Waals surface area contributed by atoms with Gasteiger partial charge in [-0.15, -0.1) is 0 Å². The Balaban J connectivity index is 1.63. The molecule has 1 atom stereocenters. The van der Waals surface area contributed by atoms with Crippen molar-refractivity contribution in [1.29, 1.82) is 0 Å². The van der Waals surface area contributed by atoms with E-state index < -0.39 is 5.82 Å². The molecule has 0 unspecified atom stereocenters. The zero-order valence-corrected chi connectivity index (χ0v) is 14.6. The van der Waals surface area contributed by atoms with Crippen LogP contribution >= 0.6 is 0 Å². The molecular weight excluding hydrogens is 310 g/mol. The van der Waals surface area contributed by atoms with Crippen LogP contribution in [0.1, 0.15) is 36.8 Å². The number of nitrogens with zero attached hydrogens (tertiary/aromatic N) is 2. The summed E-state index contributed by atoms with van der Waals surface area (Å²) in [5.41, 5.74) is 0.751. The van der Waals surface area contributed by atoms with Crippen molar-refractivity contribution in [3.8, 4) is 0 Å². The Morgan fingerprint density at radius 1 is 1.12 bits per heavy atom. The summed E-state index contributed by atoms with van der Waals surface area (Å²) in [6, 6.07) is 3.32. The molecule has 2 saturated heterocycles. The van der Waals surface area contributed by atoms with Crippen LogP contribution in [0.25, 0.3) is 0 Å². The van der Waals surface area contributed by atoms with Gasteiger partial charge in [-0.1, -0.05) is 12.5 Å². The van der Waals surface area contributed by atoms with Crippen LogP contribution in [-0.2, 0) is 11.3 Å². The van der Waals surface area contributed by atoms with Crippen molar-refractivity contribution in [3.05, 3.63) is 34.9 Å². The average molecular weight is 338 g/mol. The number of halogens is 2. The average Bonchev–Trinajstić information content (AvgIpc) is 2.62. The molecule has 2 fully saturated rings.